The lowest BCUT2D eigenvalue weighted by Gasteiger charge is -2.30. The molecule has 0 aliphatic heterocycles. The van der Waals surface area contributed by atoms with E-state index < -0.39 is 18.2 Å². The first-order valence-corrected chi connectivity index (χ1v) is 10.2. The first kappa shape index (κ1) is 23.5. The number of hydrogen-bond acceptors (Lipinski definition) is 5. The molecule has 0 aliphatic carbocycles. The molecule has 3 aromatic rings. The number of ether oxygens (including phenoxy) is 2. The van der Waals surface area contributed by atoms with E-state index in [9.17, 15) is 13.6 Å². The second-order valence-corrected chi connectivity index (χ2v) is 7.49. The summed E-state index contributed by atoms with van der Waals surface area (Å²) in [5.74, 6) is -1.73. The zero-order valence-corrected chi connectivity index (χ0v) is 18.1. The monoisotopic (exact) mass is 440 g/mol. The van der Waals surface area contributed by atoms with E-state index in [0.29, 0.717) is 24.3 Å². The number of hydrogen-bond donors (Lipinski definition) is 0. The number of pyridine rings is 1. The van der Waals surface area contributed by atoms with Crippen LogP contribution < -0.4 is 0 Å². The van der Waals surface area contributed by atoms with E-state index in [1.807, 2.05) is 65.6 Å². The van der Waals surface area contributed by atoms with Crippen LogP contribution in [0.3, 0.4) is 0 Å². The summed E-state index contributed by atoms with van der Waals surface area (Å²) in [6.45, 7) is 2.93. The Morgan fingerprint density at radius 3 is 2.06 bits per heavy atom. The summed E-state index contributed by atoms with van der Waals surface area (Å²) in [4.78, 5) is 17.8. The molecule has 1 heterocycles. The number of nitrogens with zero attached hydrogens (tertiary/aromatic N) is 2. The molecule has 0 aliphatic rings. The molecule has 0 saturated carbocycles. The molecule has 3 rings (SSSR count). The summed E-state index contributed by atoms with van der Waals surface area (Å²) in [6.07, 6.45) is -3.63. The maximum atomic E-state index is 14.4. The predicted octanol–water partition coefficient (Wildman–Crippen LogP) is 4.92. The van der Waals surface area contributed by atoms with Gasteiger partial charge in [0.05, 0.1) is 7.11 Å². The average molecular weight is 440 g/mol. The summed E-state index contributed by atoms with van der Waals surface area (Å²) in [5, 5.41) is 0. The van der Waals surface area contributed by atoms with E-state index in [1.165, 1.54) is 6.20 Å². The van der Waals surface area contributed by atoms with Gasteiger partial charge in [-0.25, -0.2) is 4.79 Å². The van der Waals surface area contributed by atoms with Gasteiger partial charge in [0.1, 0.15) is 6.10 Å². The molecule has 2 aromatic carbocycles. The largest absolute Gasteiger partial charge is 0.463 e. The zero-order chi connectivity index (χ0) is 23.0. The number of halogens is 2. The minimum atomic E-state index is -4.08. The average Bonchev–Trinajstić information content (AvgIpc) is 2.79. The van der Waals surface area contributed by atoms with Gasteiger partial charge in [0, 0.05) is 31.5 Å². The van der Waals surface area contributed by atoms with Crippen LogP contribution in [0.25, 0.3) is 0 Å². The van der Waals surface area contributed by atoms with E-state index in [4.69, 9.17) is 4.74 Å². The number of aromatic nitrogens is 1. The third-order valence-corrected chi connectivity index (χ3v) is 4.93. The number of alkyl halides is 2. The van der Waals surface area contributed by atoms with Crippen molar-refractivity contribution in [2.75, 3.05) is 13.7 Å². The zero-order valence-electron chi connectivity index (χ0n) is 18.1. The van der Waals surface area contributed by atoms with Crippen LogP contribution in [0.15, 0.2) is 79.0 Å². The molecule has 7 heteroatoms. The molecule has 0 N–H and O–H groups in total. The van der Waals surface area contributed by atoms with Gasteiger partial charge in [-0.05, 0) is 35.7 Å². The van der Waals surface area contributed by atoms with Gasteiger partial charge < -0.3 is 9.47 Å². The normalized spacial score (nSPS) is 12.5. The Balaban J connectivity index is 1.91. The Bertz CT molecular complexity index is 959. The fraction of sp³-hybridized carbons (Fsp3) is 0.280. The number of methoxy groups -OCH3 is 1. The van der Waals surface area contributed by atoms with Crippen LogP contribution in [0.2, 0.25) is 0 Å². The van der Waals surface area contributed by atoms with Crippen molar-refractivity contribution in [3.8, 4) is 0 Å². The van der Waals surface area contributed by atoms with Crippen molar-refractivity contribution >= 4 is 5.97 Å². The lowest BCUT2D eigenvalue weighted by molar-refractivity contribution is -0.268. The number of aryl methyl sites for hydroxylation is 1. The molecule has 5 nitrogen and oxygen atoms in total. The van der Waals surface area contributed by atoms with Crippen molar-refractivity contribution in [2.45, 2.75) is 32.2 Å². The minimum Gasteiger partial charge on any atom is -0.463 e. The molecular formula is C25H26F2N2O3. The molecule has 0 saturated heterocycles. The van der Waals surface area contributed by atoms with Crippen LogP contribution in [0, 0.1) is 6.92 Å². The summed E-state index contributed by atoms with van der Waals surface area (Å²) < 4.78 is 38.1. The first-order chi connectivity index (χ1) is 15.4. The maximum absolute atomic E-state index is 14.4. The van der Waals surface area contributed by atoms with Gasteiger partial charge in [0.25, 0.3) is 0 Å². The van der Waals surface area contributed by atoms with Crippen molar-refractivity contribution in [2.24, 2.45) is 0 Å². The molecule has 32 heavy (non-hydrogen) atoms. The number of carbonyl (C=O) groups is 1. The molecule has 1 aromatic heterocycles. The fourth-order valence-corrected chi connectivity index (χ4v) is 3.43. The van der Waals surface area contributed by atoms with Gasteiger partial charge in [-0.2, -0.15) is 8.78 Å². The third-order valence-electron chi connectivity index (χ3n) is 4.93. The second kappa shape index (κ2) is 10.9. The molecule has 0 spiro atoms. The number of benzene rings is 2. The lowest BCUT2D eigenvalue weighted by Crippen LogP contribution is -2.38. The van der Waals surface area contributed by atoms with Crippen molar-refractivity contribution in [3.05, 3.63) is 101 Å². The van der Waals surface area contributed by atoms with Gasteiger partial charge in [0.2, 0.25) is 0 Å². The Morgan fingerprint density at radius 2 is 1.56 bits per heavy atom. The molecule has 168 valence electrons. The van der Waals surface area contributed by atoms with E-state index in [2.05, 4.69) is 9.72 Å². The summed E-state index contributed by atoms with van der Waals surface area (Å²) in [6, 6.07) is 22.8. The molecular weight excluding hydrogens is 414 g/mol. The van der Waals surface area contributed by atoms with Crippen LogP contribution in [0.4, 0.5) is 8.78 Å². The highest BCUT2D eigenvalue weighted by molar-refractivity contribution is 5.75. The van der Waals surface area contributed by atoms with E-state index >= 15 is 0 Å². The quantitative estimate of drug-likeness (QED) is 0.419. The smallest absolute Gasteiger partial charge is 0.456 e. The first-order valence-electron chi connectivity index (χ1n) is 10.2. The van der Waals surface area contributed by atoms with Crippen molar-refractivity contribution < 1.29 is 23.0 Å². The standard InChI is InChI=1S/C25H26F2N2O3/c1-19-15-22(13-14-28-19)23(32-25(26,27)24(30)31-2)18-29(16-20-9-5-3-6-10-20)17-21-11-7-4-8-12-21/h3-15,23H,16-18H2,1-2H3. The van der Waals surface area contributed by atoms with Crippen LogP contribution in [0.1, 0.15) is 28.5 Å². The number of carbonyl (C=O) groups excluding carboxylic acids is 1. The number of esters is 1. The summed E-state index contributed by atoms with van der Waals surface area (Å²) in [7, 11) is 0.905. The van der Waals surface area contributed by atoms with Crippen molar-refractivity contribution in [3.63, 3.8) is 0 Å². The Labute approximate surface area is 186 Å². The van der Waals surface area contributed by atoms with Gasteiger partial charge in [-0.1, -0.05) is 60.7 Å². The maximum Gasteiger partial charge on any atom is 0.456 e. The van der Waals surface area contributed by atoms with Crippen molar-refractivity contribution in [1.29, 1.82) is 0 Å². The topological polar surface area (TPSA) is 51.7 Å². The summed E-state index contributed by atoms with van der Waals surface area (Å²) >= 11 is 0. The van der Waals surface area contributed by atoms with Gasteiger partial charge in [-0.15, -0.1) is 0 Å². The van der Waals surface area contributed by atoms with Crippen LogP contribution in [0.5, 0.6) is 0 Å². The fourth-order valence-electron chi connectivity index (χ4n) is 3.43. The van der Waals surface area contributed by atoms with E-state index in [1.54, 1.807) is 19.1 Å². The van der Waals surface area contributed by atoms with Crippen LogP contribution in [-0.4, -0.2) is 35.6 Å². The molecule has 1 atom stereocenters. The molecule has 0 bridgehead atoms. The molecule has 0 radical (unpaired) electrons. The lowest BCUT2D eigenvalue weighted by atomic mass is 10.1. The minimum absolute atomic E-state index is 0.125. The highest BCUT2D eigenvalue weighted by Gasteiger charge is 2.45. The highest BCUT2D eigenvalue weighted by Crippen LogP contribution is 2.30. The van der Waals surface area contributed by atoms with Gasteiger partial charge in [0.15, 0.2) is 0 Å². The van der Waals surface area contributed by atoms with Crippen LogP contribution in [-0.2, 0) is 27.4 Å². The Kier molecular flexibility index (Phi) is 8.03. The summed E-state index contributed by atoms with van der Waals surface area (Å²) in [5.41, 5.74) is 3.24. The molecule has 0 fully saturated rings. The highest BCUT2D eigenvalue weighted by atomic mass is 19.3. The Hall–Kier alpha value is -3.16. The predicted molar refractivity (Wildman–Crippen MR) is 117 cm³/mol. The Morgan fingerprint density at radius 1 is 1.00 bits per heavy atom. The SMILES string of the molecule is COC(=O)C(F)(F)OC(CN(Cc1ccccc1)Cc1ccccc1)c1ccnc(C)c1. The molecule has 0 amide bonds. The van der Waals surface area contributed by atoms with Gasteiger partial charge in [-0.3, -0.25) is 9.88 Å². The van der Waals surface area contributed by atoms with Crippen molar-refractivity contribution in [1.82, 2.24) is 9.88 Å². The third kappa shape index (κ3) is 6.67. The van der Waals surface area contributed by atoms with Crippen LogP contribution >= 0.6 is 0 Å². The number of rotatable bonds is 10. The van der Waals surface area contributed by atoms with E-state index in [-0.39, 0.29) is 6.54 Å². The van der Waals surface area contributed by atoms with E-state index in [0.717, 1.165) is 18.2 Å². The van der Waals surface area contributed by atoms with Gasteiger partial charge >= 0.3 is 12.1 Å². The second-order valence-electron chi connectivity index (χ2n) is 7.49. The molecule has 1 unspecified atom stereocenters.